The van der Waals surface area contributed by atoms with Crippen LogP contribution < -0.4 is 4.90 Å². The minimum Gasteiger partial charge on any atom is -0.480 e. The molecule has 0 fully saturated rings. The Bertz CT molecular complexity index is 422. The summed E-state index contributed by atoms with van der Waals surface area (Å²) >= 11 is 0. The van der Waals surface area contributed by atoms with Crippen molar-refractivity contribution in [1.29, 1.82) is 0 Å². The highest BCUT2D eigenvalue weighted by molar-refractivity contribution is 5.76. The maximum atomic E-state index is 10.8. The van der Waals surface area contributed by atoms with Gasteiger partial charge in [0.15, 0.2) is 0 Å². The van der Waals surface area contributed by atoms with Gasteiger partial charge in [-0.3, -0.25) is 0 Å². The van der Waals surface area contributed by atoms with Crippen LogP contribution in [-0.2, 0) is 22.7 Å². The SMILES string of the molecule is CC(C(=O)O)N(C)c1ncc2c(n1)COC2. The molecule has 0 radical (unpaired) electrons. The van der Waals surface area contributed by atoms with Crippen molar-refractivity contribution in [2.45, 2.75) is 26.2 Å². The fourth-order valence-electron chi connectivity index (χ4n) is 1.44. The summed E-state index contributed by atoms with van der Waals surface area (Å²) in [6, 6.07) is -0.652. The van der Waals surface area contributed by atoms with Crippen LogP contribution in [-0.4, -0.2) is 34.1 Å². The maximum absolute atomic E-state index is 10.8. The monoisotopic (exact) mass is 223 g/mol. The minimum atomic E-state index is -0.900. The van der Waals surface area contributed by atoms with Gasteiger partial charge in [0.1, 0.15) is 6.04 Å². The third-order valence-electron chi connectivity index (χ3n) is 2.69. The van der Waals surface area contributed by atoms with E-state index in [9.17, 15) is 4.79 Å². The van der Waals surface area contributed by atoms with Crippen molar-refractivity contribution in [1.82, 2.24) is 9.97 Å². The Labute approximate surface area is 92.9 Å². The average Bonchev–Trinajstić information content (AvgIpc) is 2.73. The molecule has 1 aromatic heterocycles. The predicted octanol–water partition coefficient (Wildman–Crippen LogP) is 0.416. The van der Waals surface area contributed by atoms with Crippen molar-refractivity contribution < 1.29 is 14.6 Å². The zero-order valence-corrected chi connectivity index (χ0v) is 9.17. The molecule has 0 spiro atoms. The molecule has 0 saturated heterocycles. The Kier molecular flexibility index (Phi) is 2.74. The third-order valence-corrected chi connectivity index (χ3v) is 2.69. The van der Waals surface area contributed by atoms with E-state index in [1.54, 1.807) is 20.2 Å². The van der Waals surface area contributed by atoms with Gasteiger partial charge in [-0.1, -0.05) is 0 Å². The third kappa shape index (κ3) is 1.83. The van der Waals surface area contributed by atoms with Crippen LogP contribution in [0.15, 0.2) is 6.20 Å². The second kappa shape index (κ2) is 4.05. The number of carbonyl (C=O) groups is 1. The molecule has 1 unspecified atom stereocenters. The summed E-state index contributed by atoms with van der Waals surface area (Å²) in [5.41, 5.74) is 1.81. The molecular weight excluding hydrogens is 210 g/mol. The van der Waals surface area contributed by atoms with Gasteiger partial charge < -0.3 is 14.7 Å². The molecule has 6 nitrogen and oxygen atoms in total. The fraction of sp³-hybridized carbons (Fsp3) is 0.500. The number of likely N-dealkylation sites (N-methyl/N-ethyl adjacent to an activating group) is 1. The number of hydrogen-bond donors (Lipinski definition) is 1. The number of anilines is 1. The Hall–Kier alpha value is -1.69. The van der Waals surface area contributed by atoms with Gasteiger partial charge in [-0.2, -0.15) is 0 Å². The molecule has 16 heavy (non-hydrogen) atoms. The van der Waals surface area contributed by atoms with Gasteiger partial charge in [-0.15, -0.1) is 0 Å². The van der Waals surface area contributed by atoms with Gasteiger partial charge in [0, 0.05) is 18.8 Å². The van der Waals surface area contributed by atoms with Crippen LogP contribution in [0, 0.1) is 0 Å². The number of hydrogen-bond acceptors (Lipinski definition) is 5. The van der Waals surface area contributed by atoms with Crippen LogP contribution in [0.1, 0.15) is 18.2 Å². The first-order valence-corrected chi connectivity index (χ1v) is 4.97. The van der Waals surface area contributed by atoms with E-state index in [-0.39, 0.29) is 0 Å². The maximum Gasteiger partial charge on any atom is 0.326 e. The predicted molar refractivity (Wildman–Crippen MR) is 56.0 cm³/mol. The summed E-state index contributed by atoms with van der Waals surface area (Å²) in [4.78, 5) is 20.8. The molecule has 6 heteroatoms. The second-order valence-corrected chi connectivity index (χ2v) is 3.76. The zero-order valence-electron chi connectivity index (χ0n) is 9.17. The van der Waals surface area contributed by atoms with Gasteiger partial charge in [0.05, 0.1) is 18.9 Å². The molecule has 86 valence electrons. The summed E-state index contributed by atoms with van der Waals surface area (Å²) in [5, 5.41) is 8.89. The summed E-state index contributed by atoms with van der Waals surface area (Å²) in [7, 11) is 1.66. The number of ether oxygens (including phenoxy) is 1. The number of nitrogens with zero attached hydrogens (tertiary/aromatic N) is 3. The smallest absolute Gasteiger partial charge is 0.326 e. The molecule has 1 aliphatic heterocycles. The second-order valence-electron chi connectivity index (χ2n) is 3.76. The van der Waals surface area contributed by atoms with E-state index in [0.717, 1.165) is 11.3 Å². The summed E-state index contributed by atoms with van der Waals surface area (Å²) in [6.45, 7) is 2.60. The van der Waals surface area contributed by atoms with Crippen molar-refractivity contribution in [3.05, 3.63) is 17.5 Å². The molecule has 0 amide bonds. The first-order valence-electron chi connectivity index (χ1n) is 4.97. The molecule has 1 N–H and O–H groups in total. The molecule has 0 aliphatic carbocycles. The van der Waals surface area contributed by atoms with Gasteiger partial charge in [0.25, 0.3) is 0 Å². The first kappa shape index (κ1) is 10.8. The summed E-state index contributed by atoms with van der Waals surface area (Å²) < 4.78 is 5.22. The van der Waals surface area contributed by atoms with E-state index in [4.69, 9.17) is 9.84 Å². The fourth-order valence-corrected chi connectivity index (χ4v) is 1.44. The lowest BCUT2D eigenvalue weighted by Crippen LogP contribution is -2.37. The minimum absolute atomic E-state index is 0.416. The number of carboxylic acid groups (broad SMARTS) is 1. The van der Waals surface area contributed by atoms with E-state index in [2.05, 4.69) is 9.97 Å². The van der Waals surface area contributed by atoms with Crippen molar-refractivity contribution in [3.8, 4) is 0 Å². The van der Waals surface area contributed by atoms with Gasteiger partial charge >= 0.3 is 5.97 Å². The topological polar surface area (TPSA) is 75.5 Å². The van der Waals surface area contributed by atoms with Crippen molar-refractivity contribution >= 4 is 11.9 Å². The molecule has 1 aliphatic rings. The lowest BCUT2D eigenvalue weighted by atomic mass is 10.3. The number of carboxylic acids is 1. The molecule has 0 saturated carbocycles. The lowest BCUT2D eigenvalue weighted by molar-refractivity contribution is -0.138. The molecule has 1 atom stereocenters. The number of fused-ring (bicyclic) bond motifs is 1. The van der Waals surface area contributed by atoms with Gasteiger partial charge in [-0.25, -0.2) is 14.8 Å². The number of aromatic nitrogens is 2. The Morgan fingerprint density at radius 2 is 2.38 bits per heavy atom. The van der Waals surface area contributed by atoms with Crippen LogP contribution in [0.3, 0.4) is 0 Å². The summed E-state index contributed by atoms with van der Waals surface area (Å²) in [5.74, 6) is -0.484. The quantitative estimate of drug-likeness (QED) is 0.800. The molecular formula is C10H13N3O3. The number of rotatable bonds is 3. The van der Waals surface area contributed by atoms with Crippen molar-refractivity contribution in [2.24, 2.45) is 0 Å². The zero-order chi connectivity index (χ0) is 11.7. The van der Waals surface area contributed by atoms with Gasteiger partial charge in [-0.05, 0) is 6.92 Å². The van der Waals surface area contributed by atoms with Crippen LogP contribution in [0.2, 0.25) is 0 Å². The van der Waals surface area contributed by atoms with Crippen LogP contribution in [0.5, 0.6) is 0 Å². The van der Waals surface area contributed by atoms with E-state index in [0.29, 0.717) is 19.2 Å². The molecule has 0 bridgehead atoms. The van der Waals surface area contributed by atoms with E-state index in [1.807, 2.05) is 0 Å². The molecule has 2 rings (SSSR count). The van der Waals surface area contributed by atoms with Crippen LogP contribution in [0.4, 0.5) is 5.95 Å². The Morgan fingerprint density at radius 3 is 3.06 bits per heavy atom. The largest absolute Gasteiger partial charge is 0.480 e. The van der Waals surface area contributed by atoms with Crippen LogP contribution >= 0.6 is 0 Å². The van der Waals surface area contributed by atoms with Crippen molar-refractivity contribution in [2.75, 3.05) is 11.9 Å². The first-order chi connectivity index (χ1) is 7.59. The molecule has 2 heterocycles. The highest BCUT2D eigenvalue weighted by Gasteiger charge is 2.21. The highest BCUT2D eigenvalue weighted by atomic mass is 16.5. The lowest BCUT2D eigenvalue weighted by Gasteiger charge is -2.21. The Balaban J connectivity index is 2.24. The summed E-state index contributed by atoms with van der Waals surface area (Å²) in [6.07, 6.45) is 1.69. The average molecular weight is 223 g/mol. The standard InChI is InChI=1S/C10H13N3O3/c1-6(9(14)15)13(2)10-11-3-7-4-16-5-8(7)12-10/h3,6H,4-5H2,1-2H3,(H,14,15). The van der Waals surface area contributed by atoms with Gasteiger partial charge in [0.2, 0.25) is 5.95 Å². The van der Waals surface area contributed by atoms with Crippen molar-refractivity contribution in [3.63, 3.8) is 0 Å². The normalized spacial score (nSPS) is 15.6. The van der Waals surface area contributed by atoms with E-state index >= 15 is 0 Å². The van der Waals surface area contributed by atoms with E-state index in [1.165, 1.54) is 4.90 Å². The highest BCUT2D eigenvalue weighted by Crippen LogP contribution is 2.19. The molecule has 1 aromatic rings. The van der Waals surface area contributed by atoms with Crippen LogP contribution in [0.25, 0.3) is 0 Å². The number of aliphatic carboxylic acids is 1. The molecule has 0 aromatic carbocycles. The van der Waals surface area contributed by atoms with E-state index < -0.39 is 12.0 Å². The Morgan fingerprint density at radius 1 is 1.62 bits per heavy atom.